The molecular formula is C9H8F3NO2. The Bertz CT molecular complexity index is 359. The summed E-state index contributed by atoms with van der Waals surface area (Å²) in [6.45, 7) is 0. The van der Waals surface area contributed by atoms with E-state index in [9.17, 15) is 18.0 Å². The SMILES string of the molecule is N[C@@H](C(=O)O)c1ccc(C(F)(F)F)cc1. The second-order valence-electron chi connectivity index (χ2n) is 2.94. The number of hydrogen-bond donors (Lipinski definition) is 2. The van der Waals surface area contributed by atoms with Crippen molar-refractivity contribution >= 4 is 5.97 Å². The second kappa shape index (κ2) is 3.90. The summed E-state index contributed by atoms with van der Waals surface area (Å²) in [5.74, 6) is -1.28. The smallest absolute Gasteiger partial charge is 0.416 e. The van der Waals surface area contributed by atoms with Gasteiger partial charge in [-0.15, -0.1) is 0 Å². The van der Waals surface area contributed by atoms with Gasteiger partial charge in [-0.05, 0) is 17.7 Å². The Labute approximate surface area is 83.3 Å². The number of halogens is 3. The van der Waals surface area contributed by atoms with Gasteiger partial charge in [0.25, 0.3) is 0 Å². The number of benzene rings is 1. The number of nitrogens with two attached hydrogens (primary N) is 1. The summed E-state index contributed by atoms with van der Waals surface area (Å²) in [5, 5.41) is 8.52. The summed E-state index contributed by atoms with van der Waals surface area (Å²) in [5.41, 5.74) is 4.52. The van der Waals surface area contributed by atoms with Gasteiger partial charge in [0, 0.05) is 0 Å². The molecule has 0 unspecified atom stereocenters. The molecule has 1 aromatic rings. The van der Waals surface area contributed by atoms with Gasteiger partial charge in [-0.2, -0.15) is 13.2 Å². The molecule has 6 heteroatoms. The molecular weight excluding hydrogens is 211 g/mol. The molecule has 1 atom stereocenters. The number of hydrogen-bond acceptors (Lipinski definition) is 2. The molecule has 15 heavy (non-hydrogen) atoms. The van der Waals surface area contributed by atoms with Crippen LogP contribution in [0.25, 0.3) is 0 Å². The summed E-state index contributed by atoms with van der Waals surface area (Å²) in [6, 6.07) is 2.42. The summed E-state index contributed by atoms with van der Waals surface area (Å²) in [7, 11) is 0. The molecule has 3 N–H and O–H groups in total. The fourth-order valence-electron chi connectivity index (χ4n) is 1.02. The highest BCUT2D eigenvalue weighted by atomic mass is 19.4. The quantitative estimate of drug-likeness (QED) is 0.796. The number of alkyl halides is 3. The lowest BCUT2D eigenvalue weighted by molar-refractivity contribution is -0.138. The zero-order valence-electron chi connectivity index (χ0n) is 7.45. The van der Waals surface area contributed by atoms with Gasteiger partial charge in [0.05, 0.1) is 5.56 Å². The van der Waals surface area contributed by atoms with Crippen LogP contribution >= 0.6 is 0 Å². The molecule has 0 fully saturated rings. The van der Waals surface area contributed by atoms with Crippen molar-refractivity contribution in [3.63, 3.8) is 0 Å². The van der Waals surface area contributed by atoms with Crippen LogP contribution in [0.1, 0.15) is 17.2 Å². The van der Waals surface area contributed by atoms with Crippen LogP contribution < -0.4 is 5.73 Å². The maximum Gasteiger partial charge on any atom is 0.416 e. The lowest BCUT2D eigenvalue weighted by Crippen LogP contribution is -2.20. The molecule has 0 aliphatic rings. The molecule has 0 spiro atoms. The Kier molecular flexibility index (Phi) is 2.99. The van der Waals surface area contributed by atoms with Crippen LogP contribution in [-0.4, -0.2) is 11.1 Å². The van der Waals surface area contributed by atoms with E-state index in [4.69, 9.17) is 10.8 Å². The Hall–Kier alpha value is -1.56. The predicted octanol–water partition coefficient (Wildman–Crippen LogP) is 1.79. The first-order valence-corrected chi connectivity index (χ1v) is 3.98. The van der Waals surface area contributed by atoms with Crippen molar-refractivity contribution in [1.82, 2.24) is 0 Å². The van der Waals surface area contributed by atoms with Crippen LogP contribution in [0.5, 0.6) is 0 Å². The van der Waals surface area contributed by atoms with Crippen molar-refractivity contribution in [2.75, 3.05) is 0 Å². The van der Waals surface area contributed by atoms with Gasteiger partial charge in [-0.1, -0.05) is 12.1 Å². The summed E-state index contributed by atoms with van der Waals surface area (Å²) in [4.78, 5) is 10.4. The Morgan fingerprint density at radius 2 is 1.73 bits per heavy atom. The fourth-order valence-corrected chi connectivity index (χ4v) is 1.02. The lowest BCUT2D eigenvalue weighted by Gasteiger charge is -2.09. The van der Waals surface area contributed by atoms with E-state index >= 15 is 0 Å². The zero-order chi connectivity index (χ0) is 11.6. The van der Waals surface area contributed by atoms with E-state index in [0.717, 1.165) is 24.3 Å². The highest BCUT2D eigenvalue weighted by molar-refractivity contribution is 5.75. The van der Waals surface area contributed by atoms with Crippen molar-refractivity contribution in [3.05, 3.63) is 35.4 Å². The van der Waals surface area contributed by atoms with Crippen LogP contribution in [0, 0.1) is 0 Å². The van der Waals surface area contributed by atoms with E-state index in [1.807, 2.05) is 0 Å². The van der Waals surface area contributed by atoms with Crippen LogP contribution in [0.2, 0.25) is 0 Å². The molecule has 0 amide bonds. The zero-order valence-corrected chi connectivity index (χ0v) is 7.45. The van der Waals surface area contributed by atoms with Gasteiger partial charge >= 0.3 is 12.1 Å². The van der Waals surface area contributed by atoms with E-state index in [0.29, 0.717) is 0 Å². The molecule has 1 aromatic carbocycles. The first kappa shape index (κ1) is 11.5. The van der Waals surface area contributed by atoms with Gasteiger partial charge in [-0.3, -0.25) is 4.79 Å². The van der Waals surface area contributed by atoms with Gasteiger partial charge in [0.2, 0.25) is 0 Å². The van der Waals surface area contributed by atoms with Crippen molar-refractivity contribution < 1.29 is 23.1 Å². The largest absolute Gasteiger partial charge is 0.480 e. The van der Waals surface area contributed by atoms with Crippen molar-refractivity contribution in [2.24, 2.45) is 5.73 Å². The maximum absolute atomic E-state index is 12.1. The summed E-state index contributed by atoms with van der Waals surface area (Å²) < 4.78 is 36.4. The van der Waals surface area contributed by atoms with Gasteiger partial charge in [0.1, 0.15) is 6.04 Å². The van der Waals surface area contributed by atoms with Gasteiger partial charge in [-0.25, -0.2) is 0 Å². The van der Waals surface area contributed by atoms with Crippen LogP contribution in [0.15, 0.2) is 24.3 Å². The third-order valence-corrected chi connectivity index (χ3v) is 1.86. The van der Waals surface area contributed by atoms with E-state index in [-0.39, 0.29) is 5.56 Å². The monoisotopic (exact) mass is 219 g/mol. The highest BCUT2D eigenvalue weighted by Crippen LogP contribution is 2.29. The Morgan fingerprint density at radius 1 is 1.27 bits per heavy atom. The molecule has 0 saturated heterocycles. The number of carbonyl (C=O) groups is 1. The topological polar surface area (TPSA) is 63.3 Å². The number of rotatable bonds is 2. The molecule has 82 valence electrons. The second-order valence-corrected chi connectivity index (χ2v) is 2.94. The Morgan fingerprint density at radius 3 is 2.07 bits per heavy atom. The van der Waals surface area contributed by atoms with Gasteiger partial charge in [0.15, 0.2) is 0 Å². The molecule has 0 aromatic heterocycles. The van der Waals surface area contributed by atoms with Crippen LogP contribution in [-0.2, 0) is 11.0 Å². The summed E-state index contributed by atoms with van der Waals surface area (Å²) >= 11 is 0. The molecule has 0 saturated carbocycles. The third-order valence-electron chi connectivity index (χ3n) is 1.86. The predicted molar refractivity (Wildman–Crippen MR) is 46.0 cm³/mol. The average molecular weight is 219 g/mol. The molecule has 0 heterocycles. The first-order valence-electron chi connectivity index (χ1n) is 3.98. The number of aliphatic carboxylic acids is 1. The van der Waals surface area contributed by atoms with Crippen molar-refractivity contribution in [2.45, 2.75) is 12.2 Å². The van der Waals surface area contributed by atoms with Crippen molar-refractivity contribution in [3.8, 4) is 0 Å². The van der Waals surface area contributed by atoms with Crippen molar-refractivity contribution in [1.29, 1.82) is 0 Å². The number of carboxylic acids is 1. The van der Waals surface area contributed by atoms with E-state index in [1.165, 1.54) is 0 Å². The standard InChI is InChI=1S/C9H8F3NO2/c10-9(11,12)6-3-1-5(2-4-6)7(13)8(14)15/h1-4,7H,13H2,(H,14,15)/t7-/m1/s1. The normalized spacial score (nSPS) is 13.6. The van der Waals surface area contributed by atoms with Crippen LogP contribution in [0.3, 0.4) is 0 Å². The minimum absolute atomic E-state index is 0.135. The fraction of sp³-hybridized carbons (Fsp3) is 0.222. The molecule has 3 nitrogen and oxygen atoms in total. The molecule has 0 bridgehead atoms. The summed E-state index contributed by atoms with van der Waals surface area (Å²) in [6.07, 6.45) is -4.42. The van der Waals surface area contributed by atoms with E-state index in [1.54, 1.807) is 0 Å². The van der Waals surface area contributed by atoms with Gasteiger partial charge < -0.3 is 10.8 Å². The molecule has 0 radical (unpaired) electrons. The lowest BCUT2D eigenvalue weighted by atomic mass is 10.1. The molecule has 1 rings (SSSR count). The molecule has 0 aliphatic carbocycles. The Balaban J connectivity index is 2.95. The van der Waals surface area contributed by atoms with E-state index < -0.39 is 23.8 Å². The first-order chi connectivity index (χ1) is 6.82. The third kappa shape index (κ3) is 2.69. The van der Waals surface area contributed by atoms with Crippen LogP contribution in [0.4, 0.5) is 13.2 Å². The minimum Gasteiger partial charge on any atom is -0.480 e. The number of carboxylic acid groups (broad SMARTS) is 1. The minimum atomic E-state index is -4.42. The molecule has 0 aliphatic heterocycles. The highest BCUT2D eigenvalue weighted by Gasteiger charge is 2.30. The maximum atomic E-state index is 12.1. The van der Waals surface area contributed by atoms with E-state index in [2.05, 4.69) is 0 Å². The average Bonchev–Trinajstić information content (AvgIpc) is 2.15.